The first-order valence-electron chi connectivity index (χ1n) is 17.2. The van der Waals surface area contributed by atoms with Crippen molar-refractivity contribution in [3.8, 4) is 23.7 Å². The van der Waals surface area contributed by atoms with Crippen molar-refractivity contribution in [1.82, 2.24) is 0 Å². The molecule has 0 amide bonds. The van der Waals surface area contributed by atoms with Crippen LogP contribution in [-0.4, -0.2) is 12.6 Å². The Morgan fingerprint density at radius 2 is 0.762 bits per heavy atom. The zero-order valence-corrected chi connectivity index (χ0v) is 26.8. The first kappa shape index (κ1) is 35.4. The van der Waals surface area contributed by atoms with E-state index >= 15 is 0 Å². The van der Waals surface area contributed by atoms with Crippen LogP contribution in [0.15, 0.2) is 24.3 Å². The van der Waals surface area contributed by atoms with Gasteiger partial charge in [0.15, 0.2) is 12.6 Å². The fourth-order valence-corrected chi connectivity index (χ4v) is 5.64. The molecule has 0 unspecified atom stereocenters. The lowest BCUT2D eigenvalue weighted by Crippen LogP contribution is -1.96. The minimum Gasteiger partial charge on any atom is -0.298 e. The summed E-state index contributed by atoms with van der Waals surface area (Å²) in [5.74, 6) is 13.0. The highest BCUT2D eigenvalue weighted by atomic mass is 16.1. The standard InChI is InChI=1S/C40H56O2/c1-3-5-7-9-11-13-15-17-19-21-23-25-27-35-29-31-38-37(39(35)33-41)32-30-36(40(38)34-42)28-26-24-22-20-18-16-14-12-10-8-6-4-2/h29-34H,3-24H2,1-2H3. The first-order valence-corrected chi connectivity index (χ1v) is 17.2. The summed E-state index contributed by atoms with van der Waals surface area (Å²) >= 11 is 0. The highest BCUT2D eigenvalue weighted by Crippen LogP contribution is 2.26. The van der Waals surface area contributed by atoms with Crippen molar-refractivity contribution in [3.63, 3.8) is 0 Å². The second-order valence-corrected chi connectivity index (χ2v) is 11.9. The zero-order valence-electron chi connectivity index (χ0n) is 26.8. The highest BCUT2D eigenvalue weighted by Gasteiger charge is 2.11. The van der Waals surface area contributed by atoms with E-state index in [-0.39, 0.29) is 0 Å². The molecule has 2 rings (SSSR count). The number of carbonyl (C=O) groups is 2. The maximum absolute atomic E-state index is 12.1. The van der Waals surface area contributed by atoms with Crippen LogP contribution in [0.5, 0.6) is 0 Å². The Morgan fingerprint density at radius 1 is 0.452 bits per heavy atom. The van der Waals surface area contributed by atoms with Crippen LogP contribution in [0.25, 0.3) is 10.8 Å². The third-order valence-corrected chi connectivity index (χ3v) is 8.28. The number of rotatable bonds is 22. The van der Waals surface area contributed by atoms with E-state index in [1.54, 1.807) is 0 Å². The average molecular weight is 569 g/mol. The molecule has 0 heterocycles. The normalized spacial score (nSPS) is 10.6. The van der Waals surface area contributed by atoms with Gasteiger partial charge in [0, 0.05) is 35.1 Å². The average Bonchev–Trinajstić information content (AvgIpc) is 3.01. The van der Waals surface area contributed by atoms with Gasteiger partial charge in [-0.2, -0.15) is 0 Å². The Morgan fingerprint density at radius 3 is 1.07 bits per heavy atom. The second kappa shape index (κ2) is 23.7. The van der Waals surface area contributed by atoms with E-state index < -0.39 is 0 Å². The minimum absolute atomic E-state index is 0.566. The lowest BCUT2D eigenvalue weighted by molar-refractivity contribution is 0.111. The van der Waals surface area contributed by atoms with Gasteiger partial charge in [-0.3, -0.25) is 9.59 Å². The number of carbonyl (C=O) groups excluding carboxylic acids is 2. The van der Waals surface area contributed by atoms with Crippen LogP contribution in [-0.2, 0) is 0 Å². The summed E-state index contributed by atoms with van der Waals surface area (Å²) in [4.78, 5) is 24.1. The monoisotopic (exact) mass is 568 g/mol. The van der Waals surface area contributed by atoms with E-state index in [9.17, 15) is 9.59 Å². The lowest BCUT2D eigenvalue weighted by Gasteiger charge is -2.08. The number of aldehydes is 2. The molecule has 0 saturated heterocycles. The van der Waals surface area contributed by atoms with E-state index in [4.69, 9.17) is 0 Å². The van der Waals surface area contributed by atoms with Gasteiger partial charge in [0.2, 0.25) is 0 Å². The van der Waals surface area contributed by atoms with Gasteiger partial charge in [-0.1, -0.05) is 165 Å². The molecule has 0 N–H and O–H groups in total. The van der Waals surface area contributed by atoms with Crippen molar-refractivity contribution in [2.24, 2.45) is 0 Å². The maximum atomic E-state index is 12.1. The summed E-state index contributed by atoms with van der Waals surface area (Å²) in [6, 6.07) is 7.60. The molecule has 0 bridgehead atoms. The fourth-order valence-electron chi connectivity index (χ4n) is 5.64. The van der Waals surface area contributed by atoms with Crippen LogP contribution in [0.1, 0.15) is 187 Å². The van der Waals surface area contributed by atoms with Crippen LogP contribution in [0, 0.1) is 23.7 Å². The summed E-state index contributed by atoms with van der Waals surface area (Å²) in [6.07, 6.45) is 29.6. The second-order valence-electron chi connectivity index (χ2n) is 11.9. The Kier molecular flexibility index (Phi) is 19.9. The molecule has 0 atom stereocenters. The molecule has 0 aliphatic carbocycles. The Bertz CT molecular complexity index is 1070. The van der Waals surface area contributed by atoms with Crippen molar-refractivity contribution in [2.45, 2.75) is 155 Å². The van der Waals surface area contributed by atoms with Crippen molar-refractivity contribution in [3.05, 3.63) is 46.5 Å². The Balaban J connectivity index is 1.83. The van der Waals surface area contributed by atoms with Crippen molar-refractivity contribution in [1.29, 1.82) is 0 Å². The molecule has 0 spiro atoms. The number of hydrogen-bond donors (Lipinski definition) is 0. The molecule has 0 saturated carbocycles. The van der Waals surface area contributed by atoms with Gasteiger partial charge in [0.1, 0.15) is 0 Å². The van der Waals surface area contributed by atoms with Crippen LogP contribution < -0.4 is 0 Å². The molecule has 0 aliphatic rings. The predicted molar refractivity (Wildman–Crippen MR) is 181 cm³/mol. The molecule has 42 heavy (non-hydrogen) atoms. The molecule has 2 nitrogen and oxygen atoms in total. The quantitative estimate of drug-likeness (QED) is 0.0804. The largest absolute Gasteiger partial charge is 0.298 e. The van der Waals surface area contributed by atoms with E-state index in [1.807, 2.05) is 24.3 Å². The van der Waals surface area contributed by atoms with Gasteiger partial charge < -0.3 is 0 Å². The fraction of sp³-hybridized carbons (Fsp3) is 0.600. The van der Waals surface area contributed by atoms with Crippen LogP contribution in [0.2, 0.25) is 0 Å². The molecular weight excluding hydrogens is 512 g/mol. The smallest absolute Gasteiger partial charge is 0.151 e. The summed E-state index contributed by atoms with van der Waals surface area (Å²) in [6.45, 7) is 4.52. The molecule has 0 aliphatic heterocycles. The highest BCUT2D eigenvalue weighted by molar-refractivity contribution is 6.07. The minimum atomic E-state index is 0.566. The van der Waals surface area contributed by atoms with E-state index in [1.165, 1.54) is 116 Å². The summed E-state index contributed by atoms with van der Waals surface area (Å²) < 4.78 is 0. The van der Waals surface area contributed by atoms with E-state index in [2.05, 4.69) is 37.5 Å². The van der Waals surface area contributed by atoms with E-state index in [0.717, 1.165) is 60.2 Å². The SMILES string of the molecule is CCCCCCCCCCCCC#Cc1ccc2c(C=O)c(C#CCCCCCCCCCCCC)ccc2c1C=O. The lowest BCUT2D eigenvalue weighted by atomic mass is 9.94. The zero-order chi connectivity index (χ0) is 30.1. The third kappa shape index (κ3) is 13.9. The Labute approximate surface area is 257 Å². The van der Waals surface area contributed by atoms with Crippen LogP contribution in [0.4, 0.5) is 0 Å². The molecule has 228 valence electrons. The van der Waals surface area contributed by atoms with Crippen LogP contribution in [0.3, 0.4) is 0 Å². The number of hydrogen-bond acceptors (Lipinski definition) is 2. The van der Waals surface area contributed by atoms with Gasteiger partial charge in [-0.15, -0.1) is 0 Å². The van der Waals surface area contributed by atoms with Crippen LogP contribution >= 0.6 is 0 Å². The summed E-state index contributed by atoms with van der Waals surface area (Å²) in [7, 11) is 0. The molecule has 2 heteroatoms. The van der Waals surface area contributed by atoms with Crippen molar-refractivity contribution >= 4 is 23.3 Å². The van der Waals surface area contributed by atoms with Gasteiger partial charge in [-0.05, 0) is 35.7 Å². The summed E-state index contributed by atoms with van der Waals surface area (Å²) in [5, 5.41) is 1.55. The Hall–Kier alpha value is -2.84. The molecule has 2 aromatic carbocycles. The summed E-state index contributed by atoms with van der Waals surface area (Å²) in [5.41, 5.74) is 2.61. The molecular formula is C40H56O2. The molecule has 0 aromatic heterocycles. The van der Waals surface area contributed by atoms with E-state index in [0.29, 0.717) is 11.1 Å². The molecule has 0 radical (unpaired) electrons. The topological polar surface area (TPSA) is 34.1 Å². The van der Waals surface area contributed by atoms with Gasteiger partial charge in [0.05, 0.1) is 0 Å². The number of benzene rings is 2. The van der Waals surface area contributed by atoms with Gasteiger partial charge >= 0.3 is 0 Å². The number of fused-ring (bicyclic) bond motifs is 1. The van der Waals surface area contributed by atoms with Gasteiger partial charge in [-0.25, -0.2) is 0 Å². The molecule has 0 fully saturated rings. The van der Waals surface area contributed by atoms with Gasteiger partial charge in [0.25, 0.3) is 0 Å². The van der Waals surface area contributed by atoms with Crippen molar-refractivity contribution in [2.75, 3.05) is 0 Å². The first-order chi connectivity index (χ1) is 20.8. The number of unbranched alkanes of at least 4 members (excludes halogenated alkanes) is 20. The predicted octanol–water partition coefficient (Wildman–Crippen LogP) is 11.8. The molecule has 2 aromatic rings. The maximum Gasteiger partial charge on any atom is 0.151 e. The van der Waals surface area contributed by atoms with Crippen molar-refractivity contribution < 1.29 is 9.59 Å². The third-order valence-electron chi connectivity index (χ3n) is 8.28.